The number of halogens is 1. The summed E-state index contributed by atoms with van der Waals surface area (Å²) in [6.45, 7) is 4.53. The van der Waals surface area contributed by atoms with Gasteiger partial charge in [-0.15, -0.1) is 11.3 Å². The molecule has 1 aromatic heterocycles. The largest absolute Gasteiger partial charge is 0.494 e. The molecule has 0 aliphatic carbocycles. The van der Waals surface area contributed by atoms with Crippen LogP contribution in [0.4, 0.5) is 0 Å². The fraction of sp³-hybridized carbons (Fsp3) is 0.583. The zero-order chi connectivity index (χ0) is 13.7. The first kappa shape index (κ1) is 15.5. The summed E-state index contributed by atoms with van der Waals surface area (Å²) >= 11 is 4.85. The summed E-state index contributed by atoms with van der Waals surface area (Å²) in [7, 11) is 3.22. The summed E-state index contributed by atoms with van der Waals surface area (Å²) in [5.74, 6) is 0.503. The number of nitrogens with one attached hydrogen (secondary N) is 1. The number of thiophene rings is 1. The number of hydrogen-bond donors (Lipinski definition) is 1. The van der Waals surface area contributed by atoms with Crippen LogP contribution in [-0.4, -0.2) is 32.8 Å². The Bertz CT molecular complexity index is 420. The number of ether oxygens (including phenoxy) is 2. The minimum Gasteiger partial charge on any atom is -0.494 e. The van der Waals surface area contributed by atoms with E-state index >= 15 is 0 Å². The zero-order valence-corrected chi connectivity index (χ0v) is 13.4. The summed E-state index contributed by atoms with van der Waals surface area (Å²) in [6.07, 6.45) is 0.788. The topological polar surface area (TPSA) is 47.6 Å². The van der Waals surface area contributed by atoms with Crippen LogP contribution in [0.1, 0.15) is 27.9 Å². The van der Waals surface area contributed by atoms with Crippen LogP contribution in [0, 0.1) is 6.92 Å². The highest BCUT2D eigenvalue weighted by atomic mass is 79.9. The first-order valence-corrected chi connectivity index (χ1v) is 7.24. The van der Waals surface area contributed by atoms with Crippen molar-refractivity contribution in [2.75, 3.05) is 20.8 Å². The Balaban J connectivity index is 2.75. The highest BCUT2D eigenvalue weighted by Crippen LogP contribution is 2.38. The van der Waals surface area contributed by atoms with E-state index in [4.69, 9.17) is 9.47 Å². The maximum Gasteiger partial charge on any atom is 0.265 e. The molecule has 0 aliphatic heterocycles. The van der Waals surface area contributed by atoms with Crippen LogP contribution < -0.4 is 10.1 Å². The van der Waals surface area contributed by atoms with Crippen molar-refractivity contribution in [3.63, 3.8) is 0 Å². The molecule has 1 amide bonds. The predicted molar refractivity (Wildman–Crippen MR) is 76.7 cm³/mol. The SMILES string of the molecule is COCC[C@H](C)NC(=O)c1sc(C)c(Br)c1OC. The van der Waals surface area contributed by atoms with E-state index in [-0.39, 0.29) is 11.9 Å². The molecule has 0 bridgehead atoms. The van der Waals surface area contributed by atoms with Gasteiger partial charge in [0.15, 0.2) is 5.75 Å². The molecule has 0 aliphatic rings. The van der Waals surface area contributed by atoms with Gasteiger partial charge < -0.3 is 14.8 Å². The average Bonchev–Trinajstić information content (AvgIpc) is 2.63. The molecule has 0 unspecified atom stereocenters. The molecule has 1 N–H and O–H groups in total. The second kappa shape index (κ2) is 7.11. The zero-order valence-electron chi connectivity index (χ0n) is 11.0. The third kappa shape index (κ3) is 3.70. The summed E-state index contributed by atoms with van der Waals surface area (Å²) in [6, 6.07) is 0.0725. The van der Waals surface area contributed by atoms with E-state index in [1.165, 1.54) is 11.3 Å². The maximum atomic E-state index is 12.1. The Kier molecular flexibility index (Phi) is 6.11. The second-order valence-corrected chi connectivity index (χ2v) is 6.01. The molecule has 0 spiro atoms. The van der Waals surface area contributed by atoms with Crippen molar-refractivity contribution >= 4 is 33.2 Å². The lowest BCUT2D eigenvalue weighted by atomic mass is 10.2. The molecule has 6 heteroatoms. The van der Waals surface area contributed by atoms with Crippen LogP contribution >= 0.6 is 27.3 Å². The summed E-state index contributed by atoms with van der Waals surface area (Å²) in [5, 5.41) is 2.94. The predicted octanol–water partition coefficient (Wildman–Crippen LogP) is 2.98. The number of carbonyl (C=O) groups excluding carboxylic acids is 1. The van der Waals surface area contributed by atoms with Gasteiger partial charge in [0.25, 0.3) is 5.91 Å². The van der Waals surface area contributed by atoms with Gasteiger partial charge in [-0.25, -0.2) is 0 Å². The van der Waals surface area contributed by atoms with Crippen molar-refractivity contribution in [3.8, 4) is 5.75 Å². The van der Waals surface area contributed by atoms with Crippen LogP contribution in [0.15, 0.2) is 4.47 Å². The van der Waals surface area contributed by atoms with Gasteiger partial charge in [-0.1, -0.05) is 0 Å². The monoisotopic (exact) mass is 335 g/mol. The Morgan fingerprint density at radius 3 is 2.72 bits per heavy atom. The van der Waals surface area contributed by atoms with Gasteiger partial charge in [-0.05, 0) is 36.2 Å². The van der Waals surface area contributed by atoms with Crippen molar-refractivity contribution in [1.29, 1.82) is 0 Å². The molecular formula is C12H18BrNO3S. The molecule has 4 nitrogen and oxygen atoms in total. The van der Waals surface area contributed by atoms with Crippen molar-refractivity contribution in [2.24, 2.45) is 0 Å². The number of methoxy groups -OCH3 is 2. The molecule has 1 aromatic rings. The number of rotatable bonds is 6. The van der Waals surface area contributed by atoms with Crippen molar-refractivity contribution < 1.29 is 14.3 Å². The fourth-order valence-corrected chi connectivity index (χ4v) is 3.14. The van der Waals surface area contributed by atoms with Crippen LogP contribution in [0.3, 0.4) is 0 Å². The van der Waals surface area contributed by atoms with Crippen molar-refractivity contribution in [3.05, 3.63) is 14.2 Å². The van der Waals surface area contributed by atoms with Gasteiger partial charge in [0.2, 0.25) is 0 Å². The molecule has 102 valence electrons. The Labute approximate surface area is 120 Å². The molecule has 18 heavy (non-hydrogen) atoms. The minimum atomic E-state index is -0.103. The molecule has 0 radical (unpaired) electrons. The minimum absolute atomic E-state index is 0.0725. The van der Waals surface area contributed by atoms with Gasteiger partial charge in [0.1, 0.15) is 4.88 Å². The Hall–Kier alpha value is -0.590. The third-order valence-corrected chi connectivity index (χ3v) is 4.82. The fourth-order valence-electron chi connectivity index (χ4n) is 1.49. The van der Waals surface area contributed by atoms with Gasteiger partial charge in [-0.2, -0.15) is 0 Å². The first-order valence-electron chi connectivity index (χ1n) is 5.63. The number of amides is 1. The van der Waals surface area contributed by atoms with Gasteiger partial charge in [0.05, 0.1) is 11.6 Å². The molecular weight excluding hydrogens is 318 g/mol. The third-order valence-electron chi connectivity index (χ3n) is 2.51. The second-order valence-electron chi connectivity index (χ2n) is 3.99. The Morgan fingerprint density at radius 1 is 1.50 bits per heavy atom. The van der Waals surface area contributed by atoms with Crippen LogP contribution in [0.2, 0.25) is 0 Å². The quantitative estimate of drug-likeness (QED) is 0.869. The molecule has 1 rings (SSSR count). The van der Waals surface area contributed by atoms with Crippen LogP contribution in [0.25, 0.3) is 0 Å². The smallest absolute Gasteiger partial charge is 0.265 e. The lowest BCUT2D eigenvalue weighted by Crippen LogP contribution is -2.33. The van der Waals surface area contributed by atoms with Crippen LogP contribution in [-0.2, 0) is 4.74 Å². The normalized spacial score (nSPS) is 12.3. The van der Waals surface area contributed by atoms with Crippen molar-refractivity contribution in [2.45, 2.75) is 26.3 Å². The lowest BCUT2D eigenvalue weighted by molar-refractivity contribution is 0.0931. The summed E-state index contributed by atoms with van der Waals surface area (Å²) in [4.78, 5) is 13.8. The summed E-state index contributed by atoms with van der Waals surface area (Å²) < 4.78 is 11.1. The number of aryl methyl sites for hydroxylation is 1. The van der Waals surface area contributed by atoms with Crippen LogP contribution in [0.5, 0.6) is 5.75 Å². The van der Waals surface area contributed by atoms with E-state index in [0.29, 0.717) is 17.2 Å². The van der Waals surface area contributed by atoms with E-state index in [9.17, 15) is 4.79 Å². The lowest BCUT2D eigenvalue weighted by Gasteiger charge is -2.13. The molecule has 0 saturated carbocycles. The molecule has 1 atom stereocenters. The van der Waals surface area contributed by atoms with E-state index < -0.39 is 0 Å². The van der Waals surface area contributed by atoms with Gasteiger partial charge >= 0.3 is 0 Å². The van der Waals surface area contributed by atoms with E-state index in [1.807, 2.05) is 13.8 Å². The molecule has 0 aromatic carbocycles. The van der Waals surface area contributed by atoms with E-state index in [0.717, 1.165) is 15.8 Å². The summed E-state index contributed by atoms with van der Waals surface area (Å²) in [5.41, 5.74) is 0. The highest BCUT2D eigenvalue weighted by Gasteiger charge is 2.21. The Morgan fingerprint density at radius 2 is 2.17 bits per heavy atom. The average molecular weight is 336 g/mol. The standard InChI is InChI=1S/C12H18BrNO3S/c1-7(5-6-16-3)14-12(15)11-10(17-4)9(13)8(2)18-11/h7H,5-6H2,1-4H3,(H,14,15)/t7-/m0/s1. The highest BCUT2D eigenvalue weighted by molar-refractivity contribution is 9.10. The first-order chi connectivity index (χ1) is 8.51. The van der Waals surface area contributed by atoms with E-state index in [2.05, 4.69) is 21.2 Å². The van der Waals surface area contributed by atoms with E-state index in [1.54, 1.807) is 14.2 Å². The number of hydrogen-bond acceptors (Lipinski definition) is 4. The van der Waals surface area contributed by atoms with Gasteiger partial charge in [-0.3, -0.25) is 4.79 Å². The van der Waals surface area contributed by atoms with Crippen molar-refractivity contribution in [1.82, 2.24) is 5.32 Å². The van der Waals surface area contributed by atoms with Gasteiger partial charge in [0, 0.05) is 24.6 Å². The molecule has 0 fully saturated rings. The molecule has 1 heterocycles. The maximum absolute atomic E-state index is 12.1. The molecule has 0 saturated heterocycles. The number of carbonyl (C=O) groups is 1.